The first kappa shape index (κ1) is 12.9. The van der Waals surface area contributed by atoms with Crippen molar-refractivity contribution in [3.05, 3.63) is 41.6 Å². The second-order valence-corrected chi connectivity index (χ2v) is 4.75. The molecule has 0 amide bonds. The van der Waals surface area contributed by atoms with E-state index in [4.69, 9.17) is 16.3 Å². The van der Waals surface area contributed by atoms with Crippen molar-refractivity contribution in [2.24, 2.45) is 7.05 Å². The molecule has 0 unspecified atom stereocenters. The SMILES string of the molecule is COc1ncc(F)cc1-c1cc2cc(Cl)ncc2n1C. The Balaban J connectivity index is 2.29. The molecular formula is C14H11ClFN3O. The van der Waals surface area contributed by atoms with Crippen LogP contribution in [0, 0.1) is 5.82 Å². The van der Waals surface area contributed by atoms with Gasteiger partial charge < -0.3 is 9.30 Å². The van der Waals surface area contributed by atoms with Gasteiger partial charge in [-0.05, 0) is 18.2 Å². The second-order valence-electron chi connectivity index (χ2n) is 4.36. The first-order valence-corrected chi connectivity index (χ1v) is 6.29. The zero-order valence-electron chi connectivity index (χ0n) is 10.9. The Morgan fingerprint density at radius 2 is 2.00 bits per heavy atom. The van der Waals surface area contributed by atoms with Gasteiger partial charge in [0.1, 0.15) is 11.0 Å². The van der Waals surface area contributed by atoms with Crippen LogP contribution in [-0.2, 0) is 7.05 Å². The number of ether oxygens (including phenoxy) is 1. The molecule has 102 valence electrons. The molecule has 0 bridgehead atoms. The summed E-state index contributed by atoms with van der Waals surface area (Å²) in [5.41, 5.74) is 2.27. The van der Waals surface area contributed by atoms with Crippen molar-refractivity contribution >= 4 is 22.5 Å². The van der Waals surface area contributed by atoms with Crippen LogP contribution < -0.4 is 4.74 Å². The average Bonchev–Trinajstić information content (AvgIpc) is 2.75. The van der Waals surface area contributed by atoms with Gasteiger partial charge in [0.2, 0.25) is 5.88 Å². The maximum atomic E-state index is 13.5. The van der Waals surface area contributed by atoms with Crippen molar-refractivity contribution in [1.82, 2.24) is 14.5 Å². The van der Waals surface area contributed by atoms with Crippen LogP contribution in [-0.4, -0.2) is 21.6 Å². The van der Waals surface area contributed by atoms with E-state index in [1.54, 1.807) is 12.3 Å². The third kappa shape index (κ3) is 2.00. The number of hydrogen-bond acceptors (Lipinski definition) is 3. The van der Waals surface area contributed by atoms with E-state index in [0.29, 0.717) is 16.6 Å². The van der Waals surface area contributed by atoms with Gasteiger partial charge >= 0.3 is 0 Å². The summed E-state index contributed by atoms with van der Waals surface area (Å²) in [4.78, 5) is 8.01. The minimum absolute atomic E-state index is 0.372. The minimum Gasteiger partial charge on any atom is -0.481 e. The van der Waals surface area contributed by atoms with E-state index in [2.05, 4.69) is 9.97 Å². The van der Waals surface area contributed by atoms with Gasteiger partial charge in [-0.15, -0.1) is 0 Å². The molecule has 0 fully saturated rings. The largest absolute Gasteiger partial charge is 0.481 e. The zero-order valence-corrected chi connectivity index (χ0v) is 11.6. The monoisotopic (exact) mass is 291 g/mol. The molecule has 3 aromatic heterocycles. The Kier molecular flexibility index (Phi) is 3.06. The van der Waals surface area contributed by atoms with Gasteiger partial charge in [-0.25, -0.2) is 14.4 Å². The van der Waals surface area contributed by atoms with E-state index in [0.717, 1.165) is 22.8 Å². The van der Waals surface area contributed by atoms with Crippen LogP contribution in [0.4, 0.5) is 4.39 Å². The van der Waals surface area contributed by atoms with Crippen LogP contribution in [0.2, 0.25) is 5.15 Å². The minimum atomic E-state index is -0.415. The highest BCUT2D eigenvalue weighted by molar-refractivity contribution is 6.30. The lowest BCUT2D eigenvalue weighted by Gasteiger charge is -2.08. The first-order chi connectivity index (χ1) is 9.60. The number of aryl methyl sites for hydroxylation is 1. The van der Waals surface area contributed by atoms with Crippen LogP contribution in [0.5, 0.6) is 5.88 Å². The number of fused-ring (bicyclic) bond motifs is 1. The van der Waals surface area contributed by atoms with Gasteiger partial charge in [0.15, 0.2) is 0 Å². The van der Waals surface area contributed by atoms with Crippen molar-refractivity contribution in [2.45, 2.75) is 0 Å². The van der Waals surface area contributed by atoms with Crippen molar-refractivity contribution in [1.29, 1.82) is 0 Å². The van der Waals surface area contributed by atoms with Crippen LogP contribution >= 0.6 is 11.6 Å². The predicted molar refractivity (Wildman–Crippen MR) is 75.5 cm³/mol. The van der Waals surface area contributed by atoms with E-state index in [9.17, 15) is 4.39 Å². The summed E-state index contributed by atoms with van der Waals surface area (Å²) >= 11 is 5.89. The lowest BCUT2D eigenvalue weighted by molar-refractivity contribution is 0.397. The molecule has 0 radical (unpaired) electrons. The summed E-state index contributed by atoms with van der Waals surface area (Å²) in [7, 11) is 3.38. The summed E-state index contributed by atoms with van der Waals surface area (Å²) in [5.74, 6) is -0.0430. The van der Waals surface area contributed by atoms with E-state index in [-0.39, 0.29) is 0 Å². The number of nitrogens with zero attached hydrogens (tertiary/aromatic N) is 3. The highest BCUT2D eigenvalue weighted by Gasteiger charge is 2.14. The van der Waals surface area contributed by atoms with E-state index in [1.165, 1.54) is 13.2 Å². The molecule has 20 heavy (non-hydrogen) atoms. The zero-order chi connectivity index (χ0) is 14.3. The molecule has 3 heterocycles. The second kappa shape index (κ2) is 4.76. The van der Waals surface area contributed by atoms with Crippen LogP contribution in [0.15, 0.2) is 30.6 Å². The molecule has 0 saturated heterocycles. The quantitative estimate of drug-likeness (QED) is 0.679. The highest BCUT2D eigenvalue weighted by Crippen LogP contribution is 2.33. The molecule has 4 nitrogen and oxygen atoms in total. The lowest BCUT2D eigenvalue weighted by atomic mass is 10.2. The predicted octanol–water partition coefficient (Wildman–Crippen LogP) is 3.44. The average molecular weight is 292 g/mol. The molecule has 0 aliphatic heterocycles. The van der Waals surface area contributed by atoms with E-state index < -0.39 is 5.82 Å². The molecule has 0 saturated carbocycles. The summed E-state index contributed by atoms with van der Waals surface area (Å²) in [6.07, 6.45) is 2.81. The molecule has 0 spiro atoms. The van der Waals surface area contributed by atoms with Gasteiger partial charge in [-0.3, -0.25) is 0 Å². The fourth-order valence-corrected chi connectivity index (χ4v) is 2.40. The Bertz CT molecular complexity index is 800. The summed E-state index contributed by atoms with van der Waals surface area (Å²) in [5, 5.41) is 1.34. The smallest absolute Gasteiger partial charge is 0.222 e. The maximum absolute atomic E-state index is 13.5. The molecule has 0 N–H and O–H groups in total. The molecule has 0 aliphatic rings. The molecule has 0 aromatic carbocycles. The number of rotatable bonds is 2. The fourth-order valence-electron chi connectivity index (χ4n) is 2.24. The summed E-state index contributed by atoms with van der Waals surface area (Å²) in [6, 6.07) is 5.07. The number of aromatic nitrogens is 3. The Morgan fingerprint density at radius 3 is 2.75 bits per heavy atom. The number of methoxy groups -OCH3 is 1. The van der Waals surface area contributed by atoms with Crippen molar-refractivity contribution < 1.29 is 9.13 Å². The van der Waals surface area contributed by atoms with Gasteiger partial charge in [-0.2, -0.15) is 0 Å². The number of pyridine rings is 2. The molecular weight excluding hydrogens is 281 g/mol. The number of halogens is 2. The van der Waals surface area contributed by atoms with Crippen LogP contribution in [0.3, 0.4) is 0 Å². The molecule has 0 atom stereocenters. The van der Waals surface area contributed by atoms with Crippen LogP contribution in [0.1, 0.15) is 0 Å². The van der Waals surface area contributed by atoms with E-state index in [1.807, 2.05) is 17.7 Å². The fraction of sp³-hybridized carbons (Fsp3) is 0.143. The van der Waals surface area contributed by atoms with Crippen molar-refractivity contribution in [3.63, 3.8) is 0 Å². The van der Waals surface area contributed by atoms with E-state index >= 15 is 0 Å². The van der Waals surface area contributed by atoms with Gasteiger partial charge in [0, 0.05) is 12.4 Å². The normalized spacial score (nSPS) is 11.0. The van der Waals surface area contributed by atoms with Gasteiger partial charge in [0.25, 0.3) is 0 Å². The number of hydrogen-bond donors (Lipinski definition) is 0. The summed E-state index contributed by atoms with van der Waals surface area (Å²) < 4.78 is 20.6. The molecule has 6 heteroatoms. The van der Waals surface area contributed by atoms with Crippen molar-refractivity contribution in [2.75, 3.05) is 7.11 Å². The standard InChI is InChI=1S/C14H11ClFN3O/c1-19-11(3-8-4-13(15)17-7-12(8)19)10-5-9(16)6-18-14(10)20-2/h3-7H,1-2H3. The molecule has 3 aromatic rings. The third-order valence-corrected chi connectivity index (χ3v) is 3.39. The van der Waals surface area contributed by atoms with Crippen LogP contribution in [0.25, 0.3) is 22.2 Å². The first-order valence-electron chi connectivity index (χ1n) is 5.91. The Hall–Kier alpha value is -2.14. The van der Waals surface area contributed by atoms with Crippen molar-refractivity contribution in [3.8, 4) is 17.1 Å². The Morgan fingerprint density at radius 1 is 1.20 bits per heavy atom. The van der Waals surface area contributed by atoms with Gasteiger partial charge in [0.05, 0.1) is 36.3 Å². The topological polar surface area (TPSA) is 39.9 Å². The highest BCUT2D eigenvalue weighted by atomic mass is 35.5. The third-order valence-electron chi connectivity index (χ3n) is 3.18. The molecule has 3 rings (SSSR count). The lowest BCUT2D eigenvalue weighted by Crippen LogP contribution is -1.97. The summed E-state index contributed by atoms with van der Waals surface area (Å²) in [6.45, 7) is 0. The van der Waals surface area contributed by atoms with Gasteiger partial charge in [-0.1, -0.05) is 11.6 Å². The Labute approximate surface area is 119 Å². The molecule has 0 aliphatic carbocycles. The maximum Gasteiger partial charge on any atom is 0.222 e.